The zero-order valence-corrected chi connectivity index (χ0v) is 7.47. The van der Waals surface area contributed by atoms with Crippen LogP contribution in [0.2, 0.25) is 0 Å². The second-order valence-electron chi connectivity index (χ2n) is 2.61. The van der Waals surface area contributed by atoms with Gasteiger partial charge in [-0.3, -0.25) is 0 Å². The minimum Gasteiger partial charge on any atom is -0.396 e. The highest BCUT2D eigenvalue weighted by molar-refractivity contribution is 7.80. The average molecular weight is 186 g/mol. The molecule has 1 aromatic carbocycles. The Hall–Kier alpha value is -0.540. The van der Waals surface area contributed by atoms with E-state index in [0.29, 0.717) is 5.75 Å². The molecule has 12 heavy (non-hydrogen) atoms. The first-order valence-electron chi connectivity index (χ1n) is 3.75. The van der Waals surface area contributed by atoms with Gasteiger partial charge in [0.25, 0.3) is 0 Å². The summed E-state index contributed by atoms with van der Waals surface area (Å²) in [4.78, 5) is 0. The lowest BCUT2D eigenvalue weighted by atomic mass is 10.0. The van der Waals surface area contributed by atoms with Gasteiger partial charge in [-0.1, -0.05) is 12.1 Å². The lowest BCUT2D eigenvalue weighted by Crippen LogP contribution is -2.05. The van der Waals surface area contributed by atoms with Crippen LogP contribution in [0, 0.1) is 5.82 Å². The molecule has 0 amide bonds. The van der Waals surface area contributed by atoms with Gasteiger partial charge in [-0.15, -0.1) is 0 Å². The molecular formula is C9H11FOS. The Labute approximate surface area is 76.6 Å². The van der Waals surface area contributed by atoms with Crippen molar-refractivity contribution in [2.45, 2.75) is 5.92 Å². The monoisotopic (exact) mass is 186 g/mol. The largest absolute Gasteiger partial charge is 0.396 e. The highest BCUT2D eigenvalue weighted by Gasteiger charge is 2.07. The normalized spacial score (nSPS) is 12.9. The van der Waals surface area contributed by atoms with Gasteiger partial charge in [0.15, 0.2) is 0 Å². The van der Waals surface area contributed by atoms with Crippen molar-refractivity contribution < 1.29 is 9.50 Å². The summed E-state index contributed by atoms with van der Waals surface area (Å²) in [5.41, 5.74) is 0.925. The number of hydrogen-bond donors (Lipinski definition) is 2. The van der Waals surface area contributed by atoms with E-state index in [1.54, 1.807) is 12.1 Å². The smallest absolute Gasteiger partial charge is 0.123 e. The number of halogens is 1. The van der Waals surface area contributed by atoms with E-state index in [-0.39, 0.29) is 18.3 Å². The molecule has 0 aromatic heterocycles. The van der Waals surface area contributed by atoms with E-state index < -0.39 is 0 Å². The molecule has 1 N–H and O–H groups in total. The van der Waals surface area contributed by atoms with Gasteiger partial charge in [0.1, 0.15) is 5.82 Å². The van der Waals surface area contributed by atoms with Crippen molar-refractivity contribution in [1.82, 2.24) is 0 Å². The van der Waals surface area contributed by atoms with Crippen molar-refractivity contribution >= 4 is 12.6 Å². The van der Waals surface area contributed by atoms with Crippen molar-refractivity contribution in [1.29, 1.82) is 0 Å². The molecule has 0 saturated heterocycles. The van der Waals surface area contributed by atoms with E-state index in [1.165, 1.54) is 12.1 Å². The number of aliphatic hydroxyl groups excluding tert-OH is 1. The van der Waals surface area contributed by atoms with Crippen LogP contribution in [0.4, 0.5) is 4.39 Å². The first-order chi connectivity index (χ1) is 5.77. The van der Waals surface area contributed by atoms with Gasteiger partial charge in [0.2, 0.25) is 0 Å². The molecule has 0 aliphatic carbocycles. The second kappa shape index (κ2) is 4.48. The highest BCUT2D eigenvalue weighted by atomic mass is 32.1. The van der Waals surface area contributed by atoms with Gasteiger partial charge in [-0.2, -0.15) is 12.6 Å². The van der Waals surface area contributed by atoms with Crippen LogP contribution in [0.15, 0.2) is 24.3 Å². The number of benzene rings is 1. The first-order valence-corrected chi connectivity index (χ1v) is 4.38. The van der Waals surface area contributed by atoms with Crippen molar-refractivity contribution in [3.63, 3.8) is 0 Å². The Balaban J connectivity index is 2.80. The fraction of sp³-hybridized carbons (Fsp3) is 0.333. The van der Waals surface area contributed by atoms with Crippen LogP contribution in [-0.2, 0) is 0 Å². The standard InChI is InChI=1S/C9H11FOS/c10-9-3-1-7(2-4-9)8(5-11)6-12/h1-4,8,11-12H,5-6H2. The predicted octanol–water partition coefficient (Wildman–Crippen LogP) is 1.83. The number of hydrogen-bond acceptors (Lipinski definition) is 2. The molecular weight excluding hydrogens is 175 g/mol. The summed E-state index contributed by atoms with van der Waals surface area (Å²) in [7, 11) is 0. The minimum absolute atomic E-state index is 0.00827. The molecule has 0 spiro atoms. The predicted molar refractivity (Wildman–Crippen MR) is 50.1 cm³/mol. The Morgan fingerprint density at radius 3 is 2.33 bits per heavy atom. The quantitative estimate of drug-likeness (QED) is 0.690. The molecule has 0 aliphatic heterocycles. The summed E-state index contributed by atoms with van der Waals surface area (Å²) >= 11 is 4.08. The third-order valence-corrected chi connectivity index (χ3v) is 2.22. The Morgan fingerprint density at radius 1 is 1.33 bits per heavy atom. The van der Waals surface area contributed by atoms with Crippen LogP contribution in [0.1, 0.15) is 11.5 Å². The van der Waals surface area contributed by atoms with Crippen molar-refractivity contribution in [3.05, 3.63) is 35.6 Å². The van der Waals surface area contributed by atoms with Crippen LogP contribution in [0.3, 0.4) is 0 Å². The van der Waals surface area contributed by atoms with Crippen molar-refractivity contribution in [3.8, 4) is 0 Å². The van der Waals surface area contributed by atoms with E-state index in [2.05, 4.69) is 12.6 Å². The molecule has 1 unspecified atom stereocenters. The van der Waals surface area contributed by atoms with Gasteiger partial charge in [0.05, 0.1) is 6.61 Å². The maximum atomic E-state index is 12.5. The van der Waals surface area contributed by atoms with Gasteiger partial charge in [-0.05, 0) is 23.4 Å². The zero-order valence-electron chi connectivity index (χ0n) is 6.57. The SMILES string of the molecule is OCC(CS)c1ccc(F)cc1. The summed E-state index contributed by atoms with van der Waals surface area (Å²) < 4.78 is 12.5. The zero-order chi connectivity index (χ0) is 8.97. The maximum absolute atomic E-state index is 12.5. The van der Waals surface area contributed by atoms with Gasteiger partial charge < -0.3 is 5.11 Å². The molecule has 1 nitrogen and oxygen atoms in total. The van der Waals surface area contributed by atoms with Crippen molar-refractivity contribution in [2.75, 3.05) is 12.4 Å². The molecule has 0 heterocycles. The molecule has 66 valence electrons. The van der Waals surface area contributed by atoms with E-state index in [9.17, 15) is 4.39 Å². The number of aliphatic hydroxyl groups is 1. The molecule has 0 saturated carbocycles. The van der Waals surface area contributed by atoms with Crippen LogP contribution >= 0.6 is 12.6 Å². The minimum atomic E-state index is -0.255. The van der Waals surface area contributed by atoms with E-state index in [4.69, 9.17) is 5.11 Å². The topological polar surface area (TPSA) is 20.2 Å². The highest BCUT2D eigenvalue weighted by Crippen LogP contribution is 2.16. The summed E-state index contributed by atoms with van der Waals surface area (Å²) in [6.45, 7) is 0.0507. The Bertz CT molecular complexity index is 231. The number of thiol groups is 1. The summed E-state index contributed by atoms with van der Waals surface area (Å²) in [5, 5.41) is 8.91. The fourth-order valence-electron chi connectivity index (χ4n) is 1.00. The summed E-state index contributed by atoms with van der Waals surface area (Å²) in [6, 6.07) is 6.13. The summed E-state index contributed by atoms with van der Waals surface area (Å²) in [6.07, 6.45) is 0. The van der Waals surface area contributed by atoms with Crippen LogP contribution in [0.25, 0.3) is 0 Å². The van der Waals surface area contributed by atoms with E-state index in [0.717, 1.165) is 5.56 Å². The molecule has 1 rings (SSSR count). The lowest BCUT2D eigenvalue weighted by molar-refractivity contribution is 0.275. The molecule has 0 fully saturated rings. The Morgan fingerprint density at radius 2 is 1.92 bits per heavy atom. The first kappa shape index (κ1) is 9.55. The third-order valence-electron chi connectivity index (χ3n) is 1.78. The maximum Gasteiger partial charge on any atom is 0.123 e. The Kier molecular flexibility index (Phi) is 3.56. The van der Waals surface area contributed by atoms with E-state index in [1.807, 2.05) is 0 Å². The molecule has 0 radical (unpaired) electrons. The fourth-order valence-corrected chi connectivity index (χ4v) is 1.33. The van der Waals surface area contributed by atoms with Gasteiger partial charge in [0, 0.05) is 5.92 Å². The average Bonchev–Trinajstić information content (AvgIpc) is 2.10. The molecule has 0 aliphatic rings. The second-order valence-corrected chi connectivity index (χ2v) is 2.98. The molecule has 1 aromatic rings. The molecule has 3 heteroatoms. The molecule has 0 bridgehead atoms. The van der Waals surface area contributed by atoms with E-state index >= 15 is 0 Å². The lowest BCUT2D eigenvalue weighted by Gasteiger charge is -2.10. The number of rotatable bonds is 3. The molecule has 1 atom stereocenters. The van der Waals surface area contributed by atoms with Gasteiger partial charge in [-0.25, -0.2) is 4.39 Å². The van der Waals surface area contributed by atoms with Crippen molar-refractivity contribution in [2.24, 2.45) is 0 Å². The third kappa shape index (κ3) is 2.22. The van der Waals surface area contributed by atoms with Gasteiger partial charge >= 0.3 is 0 Å². The van der Waals surface area contributed by atoms with Crippen LogP contribution in [0.5, 0.6) is 0 Å². The van der Waals surface area contributed by atoms with Crippen LogP contribution < -0.4 is 0 Å². The summed E-state index contributed by atoms with van der Waals surface area (Å²) in [5.74, 6) is 0.325. The van der Waals surface area contributed by atoms with Crippen LogP contribution in [-0.4, -0.2) is 17.5 Å².